The van der Waals surface area contributed by atoms with Gasteiger partial charge in [-0.2, -0.15) is 0 Å². The summed E-state index contributed by atoms with van der Waals surface area (Å²) in [5, 5.41) is 0. The van der Waals surface area contributed by atoms with Gasteiger partial charge in [0.05, 0.1) is 0 Å². The van der Waals surface area contributed by atoms with Crippen LogP contribution in [0, 0.1) is 6.92 Å². The van der Waals surface area contributed by atoms with Crippen molar-refractivity contribution in [1.29, 1.82) is 0 Å². The third-order valence-corrected chi connectivity index (χ3v) is 2.26. The lowest BCUT2D eigenvalue weighted by Crippen LogP contribution is -2.29. The SMILES string of the molecule is CC(=O)OCC(COc1ccc(C)cc1)OC(C)=O. The summed E-state index contributed by atoms with van der Waals surface area (Å²) in [7, 11) is 0. The number of hydrogen-bond donors (Lipinski definition) is 0. The molecule has 5 heteroatoms. The molecule has 0 fully saturated rings. The molecule has 1 rings (SSSR count). The molecule has 0 radical (unpaired) electrons. The Morgan fingerprint density at radius 1 is 1.05 bits per heavy atom. The molecule has 0 saturated heterocycles. The normalized spacial score (nSPS) is 11.5. The van der Waals surface area contributed by atoms with Crippen LogP contribution < -0.4 is 4.74 Å². The first kappa shape index (κ1) is 15.0. The Hall–Kier alpha value is -2.04. The second kappa shape index (κ2) is 7.41. The predicted molar refractivity (Wildman–Crippen MR) is 68.9 cm³/mol. The van der Waals surface area contributed by atoms with E-state index in [1.165, 1.54) is 13.8 Å². The molecule has 0 heterocycles. The van der Waals surface area contributed by atoms with Crippen molar-refractivity contribution in [1.82, 2.24) is 0 Å². The maximum atomic E-state index is 10.9. The number of benzene rings is 1. The second-order valence-corrected chi connectivity index (χ2v) is 4.16. The van der Waals surface area contributed by atoms with Crippen molar-refractivity contribution in [3.8, 4) is 5.75 Å². The number of carbonyl (C=O) groups is 2. The predicted octanol–water partition coefficient (Wildman–Crippen LogP) is 1.87. The third kappa shape index (κ3) is 6.45. The molecule has 0 N–H and O–H groups in total. The minimum absolute atomic E-state index is 0.0131. The van der Waals surface area contributed by atoms with Gasteiger partial charge in [-0.05, 0) is 19.1 Å². The van der Waals surface area contributed by atoms with Gasteiger partial charge >= 0.3 is 11.9 Å². The number of rotatable bonds is 6. The Morgan fingerprint density at radius 2 is 1.68 bits per heavy atom. The molecule has 0 saturated carbocycles. The van der Waals surface area contributed by atoms with Gasteiger partial charge in [-0.1, -0.05) is 17.7 Å². The van der Waals surface area contributed by atoms with Crippen molar-refractivity contribution in [2.24, 2.45) is 0 Å². The lowest BCUT2D eigenvalue weighted by atomic mass is 10.2. The maximum Gasteiger partial charge on any atom is 0.303 e. The van der Waals surface area contributed by atoms with E-state index in [0.717, 1.165) is 5.56 Å². The second-order valence-electron chi connectivity index (χ2n) is 4.16. The molecule has 5 nitrogen and oxygen atoms in total. The van der Waals surface area contributed by atoms with Crippen LogP contribution in [0.25, 0.3) is 0 Å². The number of carbonyl (C=O) groups excluding carboxylic acids is 2. The summed E-state index contributed by atoms with van der Waals surface area (Å²) < 4.78 is 15.3. The topological polar surface area (TPSA) is 61.8 Å². The summed E-state index contributed by atoms with van der Waals surface area (Å²) in [6.45, 7) is 4.70. The van der Waals surface area contributed by atoms with Gasteiger partial charge in [-0.15, -0.1) is 0 Å². The van der Waals surface area contributed by atoms with Gasteiger partial charge in [0.15, 0.2) is 6.10 Å². The van der Waals surface area contributed by atoms with Crippen LogP contribution in [0.3, 0.4) is 0 Å². The summed E-state index contributed by atoms with van der Waals surface area (Å²) in [5.41, 5.74) is 1.13. The van der Waals surface area contributed by atoms with E-state index in [4.69, 9.17) is 14.2 Å². The van der Waals surface area contributed by atoms with Crippen molar-refractivity contribution in [2.75, 3.05) is 13.2 Å². The number of ether oxygens (including phenoxy) is 3. The molecule has 0 amide bonds. The number of esters is 2. The summed E-state index contributed by atoms with van der Waals surface area (Å²) in [6.07, 6.45) is -0.609. The quantitative estimate of drug-likeness (QED) is 0.735. The van der Waals surface area contributed by atoms with Gasteiger partial charge < -0.3 is 14.2 Å². The van der Waals surface area contributed by atoms with E-state index < -0.39 is 18.0 Å². The molecule has 104 valence electrons. The summed E-state index contributed by atoms with van der Waals surface area (Å²) >= 11 is 0. The molecule has 1 unspecified atom stereocenters. The van der Waals surface area contributed by atoms with Gasteiger partial charge in [0.25, 0.3) is 0 Å². The first-order valence-corrected chi connectivity index (χ1v) is 5.97. The zero-order chi connectivity index (χ0) is 14.3. The highest BCUT2D eigenvalue weighted by Gasteiger charge is 2.15. The molecule has 1 atom stereocenters. The van der Waals surface area contributed by atoms with Gasteiger partial charge in [-0.25, -0.2) is 0 Å². The highest BCUT2D eigenvalue weighted by molar-refractivity contribution is 5.67. The van der Waals surface area contributed by atoms with Gasteiger partial charge in [-0.3, -0.25) is 9.59 Å². The fourth-order valence-corrected chi connectivity index (χ4v) is 1.38. The Morgan fingerprint density at radius 3 is 2.21 bits per heavy atom. The fourth-order valence-electron chi connectivity index (χ4n) is 1.38. The molecule has 0 aromatic heterocycles. The van der Waals surface area contributed by atoms with Crippen LogP contribution >= 0.6 is 0 Å². The van der Waals surface area contributed by atoms with Crippen LogP contribution in [0.1, 0.15) is 19.4 Å². The van der Waals surface area contributed by atoms with E-state index >= 15 is 0 Å². The molecule has 0 spiro atoms. The molecule has 0 bridgehead atoms. The molecule has 1 aromatic carbocycles. The minimum Gasteiger partial charge on any atom is -0.490 e. The zero-order valence-corrected chi connectivity index (χ0v) is 11.3. The average Bonchev–Trinajstić information content (AvgIpc) is 2.34. The van der Waals surface area contributed by atoms with Crippen molar-refractivity contribution >= 4 is 11.9 Å². The molecule has 0 aliphatic carbocycles. The largest absolute Gasteiger partial charge is 0.490 e. The van der Waals surface area contributed by atoms with Gasteiger partial charge in [0, 0.05) is 13.8 Å². The van der Waals surface area contributed by atoms with Crippen LogP contribution in [0.2, 0.25) is 0 Å². The lowest BCUT2D eigenvalue weighted by molar-refractivity contribution is -0.158. The average molecular weight is 266 g/mol. The Kier molecular flexibility index (Phi) is 5.85. The van der Waals surface area contributed by atoms with Crippen LogP contribution in [0.5, 0.6) is 5.75 Å². The maximum absolute atomic E-state index is 10.9. The first-order chi connectivity index (χ1) is 8.97. The Balaban J connectivity index is 2.49. The van der Waals surface area contributed by atoms with Crippen molar-refractivity contribution < 1.29 is 23.8 Å². The molecular weight excluding hydrogens is 248 g/mol. The summed E-state index contributed by atoms with van der Waals surface area (Å²) in [5.74, 6) is -0.192. The molecular formula is C14H18O5. The molecule has 0 aliphatic rings. The molecule has 1 aromatic rings. The van der Waals surface area contributed by atoms with Crippen molar-refractivity contribution in [3.63, 3.8) is 0 Å². The van der Waals surface area contributed by atoms with E-state index in [1.807, 2.05) is 31.2 Å². The Bertz CT molecular complexity index is 424. The van der Waals surface area contributed by atoms with E-state index in [1.54, 1.807) is 0 Å². The lowest BCUT2D eigenvalue weighted by Gasteiger charge is -2.17. The number of aryl methyl sites for hydroxylation is 1. The highest BCUT2D eigenvalue weighted by Crippen LogP contribution is 2.12. The molecule has 0 aliphatic heterocycles. The van der Waals surface area contributed by atoms with Gasteiger partial charge in [0.2, 0.25) is 0 Å². The zero-order valence-electron chi connectivity index (χ0n) is 11.3. The monoisotopic (exact) mass is 266 g/mol. The fraction of sp³-hybridized carbons (Fsp3) is 0.429. The Labute approximate surface area is 112 Å². The van der Waals surface area contributed by atoms with Gasteiger partial charge in [0.1, 0.15) is 19.0 Å². The van der Waals surface area contributed by atoms with E-state index in [9.17, 15) is 9.59 Å². The third-order valence-electron chi connectivity index (χ3n) is 2.26. The highest BCUT2D eigenvalue weighted by atomic mass is 16.6. The van der Waals surface area contributed by atoms with Crippen molar-refractivity contribution in [3.05, 3.63) is 29.8 Å². The summed E-state index contributed by atoms with van der Waals surface area (Å²) in [4.78, 5) is 21.7. The van der Waals surface area contributed by atoms with E-state index in [2.05, 4.69) is 0 Å². The van der Waals surface area contributed by atoms with Crippen LogP contribution in [-0.2, 0) is 19.1 Å². The van der Waals surface area contributed by atoms with E-state index in [0.29, 0.717) is 5.75 Å². The van der Waals surface area contributed by atoms with E-state index in [-0.39, 0.29) is 13.2 Å². The van der Waals surface area contributed by atoms with Crippen molar-refractivity contribution in [2.45, 2.75) is 26.9 Å². The van der Waals surface area contributed by atoms with Crippen LogP contribution in [-0.4, -0.2) is 31.3 Å². The van der Waals surface area contributed by atoms with Crippen LogP contribution in [0.15, 0.2) is 24.3 Å². The summed E-state index contributed by atoms with van der Waals surface area (Å²) in [6, 6.07) is 7.49. The minimum atomic E-state index is -0.609. The smallest absolute Gasteiger partial charge is 0.303 e. The standard InChI is InChI=1S/C14H18O5/c1-10-4-6-13(7-5-10)18-9-14(19-12(3)16)8-17-11(2)15/h4-7,14H,8-9H2,1-3H3. The molecule has 19 heavy (non-hydrogen) atoms. The van der Waals surface area contributed by atoms with Crippen LogP contribution in [0.4, 0.5) is 0 Å². The first-order valence-electron chi connectivity index (χ1n) is 5.97. The number of hydrogen-bond acceptors (Lipinski definition) is 5.